The van der Waals surface area contributed by atoms with Crippen LogP contribution in [0, 0.1) is 5.92 Å². The predicted molar refractivity (Wildman–Crippen MR) is 114 cm³/mol. The zero-order chi connectivity index (χ0) is 23.3. The smallest absolute Gasteiger partial charge is 0.475 e. The second-order valence-electron chi connectivity index (χ2n) is 7.61. The van der Waals surface area contributed by atoms with Crippen LogP contribution in [0.3, 0.4) is 0 Å². The highest BCUT2D eigenvalue weighted by molar-refractivity contribution is 5.77. The van der Waals surface area contributed by atoms with Gasteiger partial charge in [-0.15, -0.1) is 0 Å². The van der Waals surface area contributed by atoms with Gasteiger partial charge in [-0.25, -0.2) is 9.78 Å². The first kappa shape index (κ1) is 23.7. The molecule has 1 aliphatic heterocycles. The molecule has 1 aliphatic rings. The van der Waals surface area contributed by atoms with Crippen LogP contribution in [0.4, 0.5) is 13.2 Å². The summed E-state index contributed by atoms with van der Waals surface area (Å²) in [6.45, 7) is 4.57. The third-order valence-corrected chi connectivity index (χ3v) is 5.36. The molecule has 3 aromatic rings. The Morgan fingerprint density at radius 3 is 2.47 bits per heavy atom. The highest BCUT2D eigenvalue weighted by atomic mass is 19.4. The van der Waals surface area contributed by atoms with Gasteiger partial charge in [0.2, 0.25) is 0 Å². The fourth-order valence-electron chi connectivity index (χ4n) is 3.46. The molecule has 0 spiro atoms. The summed E-state index contributed by atoms with van der Waals surface area (Å²) >= 11 is 0. The van der Waals surface area contributed by atoms with Crippen LogP contribution in [0.2, 0.25) is 0 Å². The second kappa shape index (κ2) is 10.1. The molecule has 2 heterocycles. The maximum absolute atomic E-state index is 10.6. The van der Waals surface area contributed by atoms with E-state index in [1.165, 1.54) is 5.56 Å². The second-order valence-corrected chi connectivity index (χ2v) is 7.61. The number of alkyl halides is 3. The summed E-state index contributed by atoms with van der Waals surface area (Å²) in [5, 5.41) is 23.8. The molecular formula is C22H25F3N4O3. The minimum atomic E-state index is -5.08. The topological polar surface area (TPSA) is 99.4 Å². The SMILES string of the molecule is CC(NC[C@@H]1CNC[C@@H]1O)c1ccc(-n2cnc3ccccc32)cc1.O=C(O)C(F)(F)F. The number of carbonyl (C=O) groups is 1. The van der Waals surface area contributed by atoms with Gasteiger partial charge in [0, 0.05) is 37.3 Å². The molecular weight excluding hydrogens is 425 g/mol. The Morgan fingerprint density at radius 1 is 1.22 bits per heavy atom. The maximum atomic E-state index is 10.6. The van der Waals surface area contributed by atoms with Crippen LogP contribution < -0.4 is 10.6 Å². The van der Waals surface area contributed by atoms with Crippen molar-refractivity contribution in [3.05, 3.63) is 60.4 Å². The molecule has 1 aromatic heterocycles. The Bertz CT molecular complexity index is 1040. The molecule has 4 rings (SSSR count). The number of rotatable bonds is 5. The predicted octanol–water partition coefficient (Wildman–Crippen LogP) is 2.89. The largest absolute Gasteiger partial charge is 0.490 e. The highest BCUT2D eigenvalue weighted by Crippen LogP contribution is 2.21. The van der Waals surface area contributed by atoms with E-state index < -0.39 is 12.1 Å². The molecule has 1 saturated heterocycles. The van der Waals surface area contributed by atoms with E-state index in [-0.39, 0.29) is 12.1 Å². The number of fused-ring (bicyclic) bond motifs is 1. The average Bonchev–Trinajstić information content (AvgIpc) is 3.38. The number of benzene rings is 2. The van der Waals surface area contributed by atoms with Crippen LogP contribution in [0.5, 0.6) is 0 Å². The molecule has 1 fully saturated rings. The Labute approximate surface area is 182 Å². The number of aromatic nitrogens is 2. The van der Waals surface area contributed by atoms with Crippen molar-refractivity contribution in [3.63, 3.8) is 0 Å². The summed E-state index contributed by atoms with van der Waals surface area (Å²) in [5.41, 5.74) is 4.48. The van der Waals surface area contributed by atoms with Gasteiger partial charge < -0.3 is 20.8 Å². The molecule has 0 aliphatic carbocycles. The Kier molecular flexibility index (Phi) is 7.49. The number of hydrogen-bond donors (Lipinski definition) is 4. The van der Waals surface area contributed by atoms with Crippen molar-refractivity contribution in [3.8, 4) is 5.69 Å². The highest BCUT2D eigenvalue weighted by Gasteiger charge is 2.38. The van der Waals surface area contributed by atoms with E-state index in [1.54, 1.807) is 0 Å². The number of β-amino-alcohol motifs (C(OH)–C–C–N with tert-alkyl or cyclic N) is 1. The molecule has 0 bridgehead atoms. The van der Waals surface area contributed by atoms with Crippen molar-refractivity contribution in [2.45, 2.75) is 25.2 Å². The minimum absolute atomic E-state index is 0.239. The van der Waals surface area contributed by atoms with Crippen LogP contribution in [0.25, 0.3) is 16.7 Å². The standard InChI is InChI=1S/C20H24N4O.C2HF3O2/c1-14(22-11-16-10-21-12-20(16)25)15-6-8-17(9-7-15)24-13-23-18-4-2-3-5-19(18)24;3-2(4,5)1(6)7/h2-9,13-14,16,20-22,25H,10-12H2,1H3;(H,6,7)/t14?,16-,20-;/m0./s1. The zero-order valence-corrected chi connectivity index (χ0v) is 17.4. The first-order valence-electron chi connectivity index (χ1n) is 10.1. The number of imidazole rings is 1. The average molecular weight is 450 g/mol. The number of aliphatic hydroxyl groups excluding tert-OH is 1. The molecule has 32 heavy (non-hydrogen) atoms. The zero-order valence-electron chi connectivity index (χ0n) is 17.4. The van der Waals surface area contributed by atoms with Gasteiger partial charge in [-0.2, -0.15) is 13.2 Å². The Hall–Kier alpha value is -2.95. The summed E-state index contributed by atoms with van der Waals surface area (Å²) in [6, 6.07) is 17.0. The van der Waals surface area contributed by atoms with E-state index in [2.05, 4.69) is 57.4 Å². The number of aliphatic carboxylic acids is 1. The Morgan fingerprint density at radius 2 is 1.88 bits per heavy atom. The van der Waals surface area contributed by atoms with Crippen molar-refractivity contribution in [2.75, 3.05) is 19.6 Å². The van der Waals surface area contributed by atoms with Crippen LogP contribution in [-0.4, -0.2) is 57.6 Å². The van der Waals surface area contributed by atoms with Crippen molar-refractivity contribution >= 4 is 17.0 Å². The van der Waals surface area contributed by atoms with Crippen LogP contribution in [-0.2, 0) is 4.79 Å². The lowest BCUT2D eigenvalue weighted by molar-refractivity contribution is -0.192. The maximum Gasteiger partial charge on any atom is 0.490 e. The molecule has 172 valence electrons. The number of hydrogen-bond acceptors (Lipinski definition) is 5. The number of halogens is 3. The molecule has 2 aromatic carbocycles. The number of nitrogens with zero attached hydrogens (tertiary/aromatic N) is 2. The summed E-state index contributed by atoms with van der Waals surface area (Å²) < 4.78 is 33.8. The van der Waals surface area contributed by atoms with Crippen molar-refractivity contribution in [1.29, 1.82) is 0 Å². The fraction of sp³-hybridized carbons (Fsp3) is 0.364. The Balaban J connectivity index is 0.000000360. The molecule has 10 heteroatoms. The van der Waals surface area contributed by atoms with E-state index >= 15 is 0 Å². The lowest BCUT2D eigenvalue weighted by Crippen LogP contribution is -2.32. The number of carboxylic acid groups (broad SMARTS) is 1. The van der Waals surface area contributed by atoms with Gasteiger partial charge in [0.05, 0.1) is 17.1 Å². The monoisotopic (exact) mass is 450 g/mol. The molecule has 1 unspecified atom stereocenters. The molecule has 0 saturated carbocycles. The van der Waals surface area contributed by atoms with Gasteiger partial charge in [-0.1, -0.05) is 24.3 Å². The van der Waals surface area contributed by atoms with E-state index in [9.17, 15) is 18.3 Å². The van der Waals surface area contributed by atoms with Crippen LogP contribution >= 0.6 is 0 Å². The molecule has 0 radical (unpaired) electrons. The van der Waals surface area contributed by atoms with Gasteiger partial charge in [0.25, 0.3) is 0 Å². The van der Waals surface area contributed by atoms with Crippen LogP contribution in [0.1, 0.15) is 18.5 Å². The van der Waals surface area contributed by atoms with Gasteiger partial charge in [-0.05, 0) is 36.8 Å². The van der Waals surface area contributed by atoms with Gasteiger partial charge in [0.15, 0.2) is 0 Å². The lowest BCUT2D eigenvalue weighted by Gasteiger charge is -2.19. The summed E-state index contributed by atoms with van der Waals surface area (Å²) in [5.74, 6) is -2.47. The molecule has 7 nitrogen and oxygen atoms in total. The first-order valence-corrected chi connectivity index (χ1v) is 10.1. The van der Waals surface area contributed by atoms with E-state index in [0.717, 1.165) is 29.8 Å². The normalized spacial score (nSPS) is 19.4. The lowest BCUT2D eigenvalue weighted by atomic mass is 10.0. The van der Waals surface area contributed by atoms with Gasteiger partial charge in [0.1, 0.15) is 6.33 Å². The number of nitrogens with one attached hydrogen (secondary N) is 2. The van der Waals surface area contributed by atoms with Crippen molar-refractivity contribution < 1.29 is 28.2 Å². The summed E-state index contributed by atoms with van der Waals surface area (Å²) in [4.78, 5) is 13.4. The number of carboxylic acids is 1. The summed E-state index contributed by atoms with van der Waals surface area (Å²) in [6.07, 6.45) is -3.45. The number of para-hydroxylation sites is 2. The minimum Gasteiger partial charge on any atom is -0.475 e. The quantitative estimate of drug-likeness (QED) is 0.477. The van der Waals surface area contributed by atoms with Crippen molar-refractivity contribution in [2.24, 2.45) is 5.92 Å². The summed E-state index contributed by atoms with van der Waals surface area (Å²) in [7, 11) is 0. The molecule has 0 amide bonds. The van der Waals surface area contributed by atoms with Gasteiger partial charge >= 0.3 is 12.1 Å². The first-order chi connectivity index (χ1) is 15.2. The fourth-order valence-corrected chi connectivity index (χ4v) is 3.46. The van der Waals surface area contributed by atoms with E-state index in [4.69, 9.17) is 9.90 Å². The van der Waals surface area contributed by atoms with Gasteiger partial charge in [-0.3, -0.25) is 4.57 Å². The van der Waals surface area contributed by atoms with E-state index in [1.807, 2.05) is 24.5 Å². The molecule has 4 N–H and O–H groups in total. The number of aliphatic hydroxyl groups is 1. The molecule has 3 atom stereocenters. The van der Waals surface area contributed by atoms with Crippen LogP contribution in [0.15, 0.2) is 54.9 Å². The third-order valence-electron chi connectivity index (χ3n) is 5.36. The third kappa shape index (κ3) is 5.84. The van der Waals surface area contributed by atoms with Crippen molar-refractivity contribution in [1.82, 2.24) is 20.2 Å². The van der Waals surface area contributed by atoms with E-state index in [0.29, 0.717) is 12.5 Å².